The molecule has 0 saturated heterocycles. The average molecular weight is 456 g/mol. The van der Waals surface area contributed by atoms with Gasteiger partial charge in [-0.2, -0.15) is 0 Å². The van der Waals surface area contributed by atoms with Gasteiger partial charge in [-0.25, -0.2) is 5.06 Å². The number of rotatable bonds is 9. The minimum absolute atomic E-state index is 0.154. The molecule has 0 amide bonds. The Morgan fingerprint density at radius 2 is 1.53 bits per heavy atom. The molecule has 3 aromatic rings. The van der Waals surface area contributed by atoms with Gasteiger partial charge in [-0.05, 0) is 34.0 Å². The highest BCUT2D eigenvalue weighted by atomic mass is 16.5. The summed E-state index contributed by atoms with van der Waals surface area (Å²) in [6.07, 6.45) is 3.42. The fourth-order valence-corrected chi connectivity index (χ4v) is 3.47. The number of nitroso groups, excluding NO2 is 1. The summed E-state index contributed by atoms with van der Waals surface area (Å²) in [6, 6.07) is 27.0. The Bertz CT molecular complexity index is 1150. The number of ether oxygens (including phenoxy) is 3. The molecule has 0 unspecified atom stereocenters. The van der Waals surface area contributed by atoms with Gasteiger partial charge in [0.1, 0.15) is 18.5 Å². The van der Waals surface area contributed by atoms with Crippen LogP contribution in [0.2, 0.25) is 0 Å². The molecule has 0 atom stereocenters. The fraction of sp³-hybridized carbons (Fsp3) is 0.111. The second kappa shape index (κ2) is 11.0. The lowest BCUT2D eigenvalue weighted by Gasteiger charge is -2.27. The molecule has 172 valence electrons. The van der Waals surface area contributed by atoms with E-state index in [1.54, 1.807) is 7.11 Å². The first-order chi connectivity index (χ1) is 16.7. The Hall–Kier alpha value is -4.36. The van der Waals surface area contributed by atoms with Crippen LogP contribution in [0.25, 0.3) is 0 Å². The van der Waals surface area contributed by atoms with Crippen molar-refractivity contribution in [3.8, 4) is 5.75 Å². The van der Waals surface area contributed by atoms with Gasteiger partial charge in [-0.1, -0.05) is 72.8 Å². The molecular weight excluding hydrogens is 432 g/mol. The van der Waals surface area contributed by atoms with Crippen LogP contribution in [0.1, 0.15) is 22.8 Å². The molecule has 34 heavy (non-hydrogen) atoms. The van der Waals surface area contributed by atoms with Crippen molar-refractivity contribution < 1.29 is 19.4 Å². The predicted molar refractivity (Wildman–Crippen MR) is 127 cm³/mol. The quantitative estimate of drug-likeness (QED) is 0.395. The summed E-state index contributed by atoms with van der Waals surface area (Å²) in [5, 5.41) is 13.9. The van der Waals surface area contributed by atoms with Crippen molar-refractivity contribution in [1.82, 2.24) is 5.06 Å². The van der Waals surface area contributed by atoms with E-state index < -0.39 is 6.10 Å². The number of benzene rings is 3. The van der Waals surface area contributed by atoms with E-state index >= 15 is 0 Å². The maximum atomic E-state index is 10.8. The Labute approximate surface area is 197 Å². The molecule has 4 rings (SSSR count). The van der Waals surface area contributed by atoms with E-state index in [1.807, 2.05) is 84.9 Å². The zero-order valence-corrected chi connectivity index (χ0v) is 18.6. The average Bonchev–Trinajstić information content (AvgIpc) is 2.89. The number of allylic oxidation sites excluding steroid dienone is 1. The Morgan fingerprint density at radius 3 is 2.09 bits per heavy atom. The number of nitrogens with zero attached hydrogens (tertiary/aromatic N) is 2. The summed E-state index contributed by atoms with van der Waals surface area (Å²) in [5.74, 6) is 1.40. The molecular formula is C27H24N2O5. The van der Waals surface area contributed by atoms with Gasteiger partial charge in [-0.3, -0.25) is 5.21 Å². The van der Waals surface area contributed by atoms with Crippen molar-refractivity contribution in [3.05, 3.63) is 142 Å². The molecule has 7 nitrogen and oxygen atoms in total. The van der Waals surface area contributed by atoms with Crippen LogP contribution in [0, 0.1) is 4.91 Å². The third-order valence-corrected chi connectivity index (χ3v) is 5.21. The van der Waals surface area contributed by atoms with Crippen LogP contribution in [-0.2, 0) is 16.1 Å². The summed E-state index contributed by atoms with van der Waals surface area (Å²) >= 11 is 0. The molecule has 0 saturated carbocycles. The number of methoxy groups -OCH3 is 1. The van der Waals surface area contributed by atoms with Gasteiger partial charge in [0.25, 0.3) is 0 Å². The fourth-order valence-electron chi connectivity index (χ4n) is 3.47. The molecule has 0 aromatic heterocycles. The van der Waals surface area contributed by atoms with Gasteiger partial charge < -0.3 is 14.2 Å². The molecule has 1 aliphatic rings. The number of hydroxylamine groups is 2. The van der Waals surface area contributed by atoms with Crippen LogP contribution < -0.4 is 4.74 Å². The first kappa shape index (κ1) is 22.8. The van der Waals surface area contributed by atoms with Crippen LogP contribution >= 0.6 is 0 Å². The van der Waals surface area contributed by atoms with Crippen molar-refractivity contribution in [1.29, 1.82) is 0 Å². The zero-order chi connectivity index (χ0) is 23.8. The molecule has 0 aliphatic carbocycles. The molecule has 7 heteroatoms. The van der Waals surface area contributed by atoms with Gasteiger partial charge >= 0.3 is 0 Å². The van der Waals surface area contributed by atoms with E-state index in [1.165, 1.54) is 12.3 Å². The zero-order valence-electron chi connectivity index (χ0n) is 18.6. The highest BCUT2D eigenvalue weighted by molar-refractivity contribution is 5.37. The Balaban J connectivity index is 1.64. The van der Waals surface area contributed by atoms with Crippen molar-refractivity contribution in [2.45, 2.75) is 12.7 Å². The largest absolute Gasteiger partial charge is 0.497 e. The standard InChI is InChI=1S/C27H24N2O5/c1-32-24-14-12-20(13-15-24)19-33-26-18-29(31)23(17-28-30)16-25(26)34-27(21-8-4-2-5-9-21)22-10-6-3-7-11-22/h2-18,27,31H,19H2,1H3/b23-17-. The molecule has 0 spiro atoms. The van der Waals surface area contributed by atoms with Crippen molar-refractivity contribution >= 4 is 0 Å². The lowest BCUT2D eigenvalue weighted by atomic mass is 10.0. The molecule has 3 aromatic carbocycles. The first-order valence-electron chi connectivity index (χ1n) is 10.6. The highest BCUT2D eigenvalue weighted by Crippen LogP contribution is 2.34. The third kappa shape index (κ3) is 5.51. The van der Waals surface area contributed by atoms with E-state index in [4.69, 9.17) is 14.2 Å². The maximum Gasteiger partial charge on any atom is 0.180 e. The van der Waals surface area contributed by atoms with Crippen LogP contribution in [0.5, 0.6) is 5.75 Å². The number of hydrogen-bond acceptors (Lipinski definition) is 7. The molecule has 1 aliphatic heterocycles. The smallest absolute Gasteiger partial charge is 0.180 e. The van der Waals surface area contributed by atoms with Gasteiger partial charge in [0.15, 0.2) is 11.5 Å². The second-order valence-corrected chi connectivity index (χ2v) is 7.46. The summed E-state index contributed by atoms with van der Waals surface area (Å²) in [6.45, 7) is 0.233. The summed E-state index contributed by atoms with van der Waals surface area (Å²) in [7, 11) is 1.61. The van der Waals surface area contributed by atoms with E-state index in [2.05, 4.69) is 5.18 Å². The van der Waals surface area contributed by atoms with Gasteiger partial charge in [0.2, 0.25) is 0 Å². The van der Waals surface area contributed by atoms with Gasteiger partial charge in [0.05, 0.1) is 25.2 Å². The monoisotopic (exact) mass is 456 g/mol. The minimum Gasteiger partial charge on any atom is -0.497 e. The van der Waals surface area contributed by atoms with Gasteiger partial charge in [-0.15, -0.1) is 4.91 Å². The van der Waals surface area contributed by atoms with Crippen LogP contribution in [-0.4, -0.2) is 17.4 Å². The molecule has 0 fully saturated rings. The summed E-state index contributed by atoms with van der Waals surface area (Å²) in [5.41, 5.74) is 2.94. The molecule has 0 bridgehead atoms. The second-order valence-electron chi connectivity index (χ2n) is 7.46. The van der Waals surface area contributed by atoms with E-state index in [0.717, 1.165) is 33.7 Å². The topological polar surface area (TPSA) is 80.6 Å². The van der Waals surface area contributed by atoms with E-state index in [-0.39, 0.29) is 12.3 Å². The maximum absolute atomic E-state index is 10.8. The van der Waals surface area contributed by atoms with Crippen molar-refractivity contribution in [3.63, 3.8) is 0 Å². The molecule has 1 N–H and O–H groups in total. The molecule has 1 heterocycles. The van der Waals surface area contributed by atoms with Gasteiger partial charge in [0, 0.05) is 6.08 Å². The molecule has 0 radical (unpaired) electrons. The summed E-state index contributed by atoms with van der Waals surface area (Å²) < 4.78 is 17.7. The Kier molecular flexibility index (Phi) is 7.37. The first-order valence-corrected chi connectivity index (χ1v) is 10.6. The normalized spacial score (nSPS) is 14.4. The SMILES string of the molecule is COc1ccc(COC2=CN(O)/C(=C\N=O)C=C2OC(c2ccccc2)c2ccccc2)cc1. The lowest BCUT2D eigenvalue weighted by molar-refractivity contribution is -0.0127. The Morgan fingerprint density at radius 1 is 0.912 bits per heavy atom. The van der Waals surface area contributed by atoms with Crippen LogP contribution in [0.4, 0.5) is 0 Å². The third-order valence-electron chi connectivity index (χ3n) is 5.21. The van der Waals surface area contributed by atoms with E-state index in [0.29, 0.717) is 11.5 Å². The highest BCUT2D eigenvalue weighted by Gasteiger charge is 2.24. The predicted octanol–water partition coefficient (Wildman–Crippen LogP) is 6.06. The summed E-state index contributed by atoms with van der Waals surface area (Å²) in [4.78, 5) is 10.8. The van der Waals surface area contributed by atoms with Crippen molar-refractivity contribution in [2.24, 2.45) is 5.18 Å². The van der Waals surface area contributed by atoms with Crippen molar-refractivity contribution in [2.75, 3.05) is 7.11 Å². The van der Waals surface area contributed by atoms with E-state index in [9.17, 15) is 10.1 Å². The minimum atomic E-state index is -0.447. The number of hydrogen-bond donors (Lipinski definition) is 1. The lowest BCUT2D eigenvalue weighted by Crippen LogP contribution is -2.19. The van der Waals surface area contributed by atoms with Crippen LogP contribution in [0.15, 0.2) is 126 Å². The van der Waals surface area contributed by atoms with Crippen LogP contribution in [0.3, 0.4) is 0 Å².